The number of hydrogen-bond donors (Lipinski definition) is 4. The first-order valence-corrected chi connectivity index (χ1v) is 19.6. The predicted octanol–water partition coefficient (Wildman–Crippen LogP) is 7.94. The molecule has 0 aliphatic carbocycles. The van der Waals surface area contributed by atoms with Gasteiger partial charge < -0.3 is 30.3 Å². The van der Waals surface area contributed by atoms with Crippen LogP contribution in [-0.2, 0) is 14.3 Å². The van der Waals surface area contributed by atoms with Crippen LogP contribution in [0.2, 0.25) is 0 Å². The topological polar surface area (TPSA) is 119 Å². The second-order valence-electron chi connectivity index (χ2n) is 13.9. The van der Waals surface area contributed by atoms with Crippen molar-refractivity contribution in [1.82, 2.24) is 10.2 Å². The van der Waals surface area contributed by atoms with Gasteiger partial charge in [0.15, 0.2) is 6.23 Å². The Kier molecular flexibility index (Phi) is 26.8. The maximum absolute atomic E-state index is 13.5. The van der Waals surface area contributed by atoms with Gasteiger partial charge >= 0.3 is 0 Å². The van der Waals surface area contributed by atoms with Gasteiger partial charge in [-0.15, -0.1) is 0 Å². The van der Waals surface area contributed by atoms with Crippen LogP contribution >= 0.6 is 0 Å². The molecule has 1 rings (SSSR count). The minimum Gasteiger partial charge on any atom is -0.394 e. The molecule has 0 radical (unpaired) electrons. The second-order valence-corrected chi connectivity index (χ2v) is 13.9. The number of hydrogen-bond acceptors (Lipinski definition) is 6. The van der Waals surface area contributed by atoms with Gasteiger partial charge in [-0.3, -0.25) is 9.59 Å². The summed E-state index contributed by atoms with van der Waals surface area (Å²) in [5.41, 5.74) is 0. The summed E-state index contributed by atoms with van der Waals surface area (Å²) < 4.78 is 6.02. The van der Waals surface area contributed by atoms with Crippen molar-refractivity contribution in [2.75, 3.05) is 13.2 Å². The zero-order valence-electron chi connectivity index (χ0n) is 30.2. The quantitative estimate of drug-likeness (QED) is 0.0584. The van der Waals surface area contributed by atoms with Crippen molar-refractivity contribution < 1.29 is 29.6 Å². The van der Waals surface area contributed by atoms with E-state index in [0.717, 1.165) is 38.5 Å². The van der Waals surface area contributed by atoms with E-state index in [2.05, 4.69) is 19.2 Å². The van der Waals surface area contributed by atoms with E-state index in [1.807, 2.05) is 0 Å². The number of nitrogens with one attached hydrogen (secondary N) is 1. The van der Waals surface area contributed by atoms with E-state index < -0.39 is 37.2 Å². The molecule has 1 heterocycles. The number of carbonyl (C=O) groups excluding carboxylic acids is 2. The number of unbranched alkanes of at least 4 members (excludes halogenated alkanes) is 23. The number of carbonyl (C=O) groups is 2. The molecule has 0 aromatic rings. The minimum absolute atomic E-state index is 0.0881. The molecule has 8 heteroatoms. The zero-order chi connectivity index (χ0) is 33.8. The predicted molar refractivity (Wildman–Crippen MR) is 188 cm³/mol. The molecule has 0 aromatic carbocycles. The molecular formula is C38H74N2O6. The van der Waals surface area contributed by atoms with Crippen molar-refractivity contribution in [3.05, 3.63) is 0 Å². The Morgan fingerprint density at radius 1 is 0.609 bits per heavy atom. The van der Waals surface area contributed by atoms with Crippen molar-refractivity contribution in [2.45, 2.75) is 218 Å². The summed E-state index contributed by atoms with van der Waals surface area (Å²) in [6.45, 7) is 5.81. The van der Waals surface area contributed by atoms with E-state index in [0.29, 0.717) is 13.0 Å². The number of aliphatic hydroxyl groups is 3. The maximum Gasteiger partial charge on any atom is 0.224 e. The fraction of sp³-hybridized carbons (Fsp3) is 0.947. The van der Waals surface area contributed by atoms with Crippen LogP contribution in [0.1, 0.15) is 188 Å². The Labute approximate surface area is 282 Å². The number of nitrogens with zero attached hydrogens (tertiary/aromatic N) is 1. The smallest absolute Gasteiger partial charge is 0.224 e. The summed E-state index contributed by atoms with van der Waals surface area (Å²) in [6.07, 6.45) is 26.4. The van der Waals surface area contributed by atoms with Crippen molar-refractivity contribution in [3.8, 4) is 0 Å². The van der Waals surface area contributed by atoms with E-state index in [4.69, 9.17) is 4.74 Å². The van der Waals surface area contributed by atoms with E-state index in [1.165, 1.54) is 129 Å². The number of amides is 2. The lowest BCUT2D eigenvalue weighted by Crippen LogP contribution is -2.68. The molecule has 0 bridgehead atoms. The average Bonchev–Trinajstić information content (AvgIpc) is 3.04. The van der Waals surface area contributed by atoms with Crippen LogP contribution in [0.25, 0.3) is 0 Å². The molecule has 1 unspecified atom stereocenters. The summed E-state index contributed by atoms with van der Waals surface area (Å²) in [7, 11) is 0. The van der Waals surface area contributed by atoms with Gasteiger partial charge in [0.1, 0.15) is 18.3 Å². The van der Waals surface area contributed by atoms with Crippen LogP contribution in [0.3, 0.4) is 0 Å². The molecule has 4 N–H and O–H groups in total. The molecular weight excluding hydrogens is 580 g/mol. The molecule has 0 spiro atoms. The second kappa shape index (κ2) is 28.8. The van der Waals surface area contributed by atoms with Crippen LogP contribution < -0.4 is 5.32 Å². The number of aliphatic hydroxyl groups excluding tert-OH is 3. The fourth-order valence-corrected chi connectivity index (χ4v) is 6.73. The monoisotopic (exact) mass is 655 g/mol. The van der Waals surface area contributed by atoms with Gasteiger partial charge in [0.25, 0.3) is 0 Å². The minimum atomic E-state index is -1.38. The van der Waals surface area contributed by atoms with Crippen LogP contribution in [-0.4, -0.2) is 75.8 Å². The van der Waals surface area contributed by atoms with E-state index in [1.54, 1.807) is 4.90 Å². The van der Waals surface area contributed by atoms with Gasteiger partial charge in [-0.25, -0.2) is 0 Å². The largest absolute Gasteiger partial charge is 0.394 e. The van der Waals surface area contributed by atoms with Crippen LogP contribution in [0.15, 0.2) is 0 Å². The Morgan fingerprint density at radius 2 is 1.00 bits per heavy atom. The summed E-state index contributed by atoms with van der Waals surface area (Å²) in [5.74, 6) is -0.474. The van der Waals surface area contributed by atoms with E-state index in [-0.39, 0.29) is 11.8 Å². The molecule has 272 valence electrons. The van der Waals surface area contributed by atoms with Gasteiger partial charge in [-0.2, -0.15) is 0 Å². The first-order chi connectivity index (χ1) is 22.4. The maximum atomic E-state index is 13.5. The van der Waals surface area contributed by atoms with Crippen molar-refractivity contribution in [2.24, 2.45) is 0 Å². The van der Waals surface area contributed by atoms with Gasteiger partial charge in [0, 0.05) is 19.9 Å². The molecule has 0 aromatic heterocycles. The highest BCUT2D eigenvalue weighted by Crippen LogP contribution is 2.26. The summed E-state index contributed by atoms with van der Waals surface area (Å²) in [6, 6.07) is -0.946. The van der Waals surface area contributed by atoms with Gasteiger partial charge in [0.2, 0.25) is 11.8 Å². The molecule has 1 saturated heterocycles. The lowest BCUT2D eigenvalue weighted by atomic mass is 9.94. The van der Waals surface area contributed by atoms with Crippen LogP contribution in [0, 0.1) is 0 Å². The number of rotatable bonds is 30. The Bertz CT molecular complexity index is 736. The third kappa shape index (κ3) is 19.6. The Morgan fingerprint density at radius 3 is 1.39 bits per heavy atom. The van der Waals surface area contributed by atoms with Crippen molar-refractivity contribution >= 4 is 11.8 Å². The highest BCUT2D eigenvalue weighted by molar-refractivity contribution is 5.76. The lowest BCUT2D eigenvalue weighted by molar-refractivity contribution is -0.236. The first-order valence-electron chi connectivity index (χ1n) is 19.6. The SMILES string of the molecule is CCCCCCCCCCCCCCCCCCN(C(=O)CCCCCCCCCCC)C1O[C@H](CO)[C@@H](NC(C)=O)[C@H](O)[C@H]1O. The summed E-state index contributed by atoms with van der Waals surface area (Å²) in [5, 5.41) is 34.4. The third-order valence-electron chi connectivity index (χ3n) is 9.65. The molecule has 1 aliphatic rings. The number of ether oxygens (including phenoxy) is 1. The molecule has 1 fully saturated rings. The Hall–Kier alpha value is -1.22. The normalized spacial score (nSPS) is 21.4. The molecule has 2 amide bonds. The first kappa shape index (κ1) is 42.8. The third-order valence-corrected chi connectivity index (χ3v) is 9.65. The van der Waals surface area contributed by atoms with Gasteiger partial charge in [-0.1, -0.05) is 162 Å². The van der Waals surface area contributed by atoms with Crippen LogP contribution in [0.4, 0.5) is 0 Å². The van der Waals surface area contributed by atoms with Gasteiger partial charge in [0.05, 0.1) is 12.6 Å². The molecule has 1 aliphatic heterocycles. The fourth-order valence-electron chi connectivity index (χ4n) is 6.73. The zero-order valence-corrected chi connectivity index (χ0v) is 30.2. The summed E-state index contributed by atoms with van der Waals surface area (Å²) >= 11 is 0. The van der Waals surface area contributed by atoms with Gasteiger partial charge in [-0.05, 0) is 12.8 Å². The van der Waals surface area contributed by atoms with E-state index in [9.17, 15) is 24.9 Å². The average molecular weight is 655 g/mol. The molecule has 46 heavy (non-hydrogen) atoms. The standard InChI is InChI=1S/C38H74N2O6/c1-4-6-8-10-12-14-15-16-17-18-19-20-22-24-26-28-30-40(34(43)29-27-25-23-21-13-11-9-7-5-2)38-37(45)36(44)35(39-32(3)42)33(31-41)46-38/h33,35-38,41,44-45H,4-31H2,1-3H3,(H,39,42)/t33-,35-,36+,37-,38?/m1/s1. The van der Waals surface area contributed by atoms with Crippen LogP contribution in [0.5, 0.6) is 0 Å². The summed E-state index contributed by atoms with van der Waals surface area (Å²) in [4.78, 5) is 26.7. The molecule has 8 nitrogen and oxygen atoms in total. The molecule has 0 saturated carbocycles. The van der Waals surface area contributed by atoms with Crippen molar-refractivity contribution in [3.63, 3.8) is 0 Å². The Balaban J connectivity index is 2.46. The van der Waals surface area contributed by atoms with E-state index >= 15 is 0 Å². The highest BCUT2D eigenvalue weighted by atomic mass is 16.5. The van der Waals surface area contributed by atoms with Crippen molar-refractivity contribution in [1.29, 1.82) is 0 Å². The highest BCUT2D eigenvalue weighted by Gasteiger charge is 2.47. The molecule has 5 atom stereocenters. The lowest BCUT2D eigenvalue weighted by Gasteiger charge is -2.46.